The summed E-state index contributed by atoms with van der Waals surface area (Å²) >= 11 is 0. The van der Waals surface area contributed by atoms with Crippen LogP contribution in [0, 0.1) is 6.92 Å². The van der Waals surface area contributed by atoms with Gasteiger partial charge in [0, 0.05) is 55.4 Å². The molecule has 5 aromatic rings. The van der Waals surface area contributed by atoms with Gasteiger partial charge in [-0.2, -0.15) is 8.42 Å². The largest absolute Gasteiger partial charge is 0.494 e. The maximum absolute atomic E-state index is 12.9. The Morgan fingerprint density at radius 2 is 1.55 bits per heavy atom. The third kappa shape index (κ3) is 9.27. The maximum atomic E-state index is 12.9. The van der Waals surface area contributed by atoms with E-state index in [2.05, 4.69) is 21.8 Å². The van der Waals surface area contributed by atoms with E-state index >= 15 is 0 Å². The lowest BCUT2D eigenvalue weighted by atomic mass is 10.00. The number of nitrogens with zero attached hydrogens (tertiary/aromatic N) is 4. The molecule has 0 unspecified atom stereocenters. The van der Waals surface area contributed by atoms with Crippen molar-refractivity contribution in [1.82, 2.24) is 14.8 Å². The predicted octanol–water partition coefficient (Wildman–Crippen LogP) is 5.28. The molecule has 1 aliphatic rings. The number of benzene rings is 4. The maximum Gasteiger partial charge on any atom is 0.337 e. The van der Waals surface area contributed by atoms with Crippen LogP contribution in [0.1, 0.15) is 27.0 Å². The van der Waals surface area contributed by atoms with Gasteiger partial charge >= 0.3 is 5.97 Å². The highest BCUT2D eigenvalue weighted by atomic mass is 32.2. The van der Waals surface area contributed by atoms with Gasteiger partial charge in [-0.25, -0.2) is 9.79 Å². The van der Waals surface area contributed by atoms with E-state index in [4.69, 9.17) is 14.3 Å². The molecule has 2 heterocycles. The van der Waals surface area contributed by atoms with E-state index in [1.165, 1.54) is 19.2 Å². The molecule has 6 rings (SSSR count). The Hall–Kier alpha value is -5.34. The zero-order valence-corrected chi connectivity index (χ0v) is 29.7. The van der Waals surface area contributed by atoms with E-state index in [1.54, 1.807) is 42.3 Å². The Morgan fingerprint density at radius 1 is 0.902 bits per heavy atom. The summed E-state index contributed by atoms with van der Waals surface area (Å²) in [7, 11) is 1.20. The molecule has 0 spiro atoms. The van der Waals surface area contributed by atoms with E-state index < -0.39 is 16.1 Å². The number of aromatic nitrogens is 1. The van der Waals surface area contributed by atoms with Crippen molar-refractivity contribution in [2.24, 2.45) is 4.99 Å². The van der Waals surface area contributed by atoms with Crippen molar-refractivity contribution in [3.63, 3.8) is 0 Å². The number of aliphatic imine (C=N–C) groups is 1. The number of hydrogen-bond acceptors (Lipinski definition) is 9. The molecule has 4 aromatic carbocycles. The molecule has 0 aliphatic carbocycles. The van der Waals surface area contributed by atoms with Crippen LogP contribution in [0.3, 0.4) is 0 Å². The summed E-state index contributed by atoms with van der Waals surface area (Å²) in [5, 5.41) is 11.7. The highest BCUT2D eigenvalue weighted by Crippen LogP contribution is 2.32. The van der Waals surface area contributed by atoms with Crippen LogP contribution in [0.15, 0.2) is 107 Å². The number of hydrogen-bond donors (Lipinski definition) is 3. The molecule has 1 amide bonds. The molecule has 0 radical (unpaired) electrons. The number of esters is 1. The first-order valence-corrected chi connectivity index (χ1v) is 17.7. The number of methoxy groups -OCH3 is 1. The molecule has 1 aromatic heterocycles. The number of carbonyl (C=O) groups is 2. The highest BCUT2D eigenvalue weighted by molar-refractivity contribution is 7.85. The number of anilines is 1. The number of nitrogens with one attached hydrogen (secondary N) is 1. The average molecular weight is 712 g/mol. The van der Waals surface area contributed by atoms with Crippen LogP contribution in [0.5, 0.6) is 5.88 Å². The lowest BCUT2D eigenvalue weighted by molar-refractivity contribution is -0.119. The molecule has 1 fully saturated rings. The number of carbonyl (C=O) groups excluding carboxylic acids is 2. The van der Waals surface area contributed by atoms with Crippen LogP contribution in [0.25, 0.3) is 10.9 Å². The van der Waals surface area contributed by atoms with Crippen molar-refractivity contribution in [1.29, 1.82) is 0 Å². The number of aromatic amines is 1. The molecule has 51 heavy (non-hydrogen) atoms. The molecule has 13 heteroatoms. The van der Waals surface area contributed by atoms with Gasteiger partial charge < -0.3 is 24.6 Å². The minimum Gasteiger partial charge on any atom is -0.494 e. The number of ether oxygens (including phenoxy) is 1. The van der Waals surface area contributed by atoms with E-state index in [9.17, 15) is 23.1 Å². The number of aryl methyl sites for hydroxylation is 1. The van der Waals surface area contributed by atoms with Gasteiger partial charge in [-0.05, 0) is 62.5 Å². The van der Waals surface area contributed by atoms with E-state index in [1.807, 2.05) is 61.5 Å². The number of rotatable bonds is 8. The van der Waals surface area contributed by atoms with Crippen LogP contribution < -0.4 is 4.90 Å². The zero-order valence-electron chi connectivity index (χ0n) is 28.9. The van der Waals surface area contributed by atoms with E-state index in [-0.39, 0.29) is 16.7 Å². The molecular formula is C38H41N5O7S. The van der Waals surface area contributed by atoms with Crippen LogP contribution in [0.4, 0.5) is 11.4 Å². The summed E-state index contributed by atoms with van der Waals surface area (Å²) in [5.41, 5.74) is 5.30. The van der Waals surface area contributed by atoms with Crippen LogP contribution >= 0.6 is 0 Å². The number of likely N-dealkylation sites (N-methyl/N-ethyl adjacent to an activating group) is 2. The molecule has 12 nitrogen and oxygen atoms in total. The summed E-state index contributed by atoms with van der Waals surface area (Å²) in [6.07, 6.45) is 0. The van der Waals surface area contributed by atoms with E-state index in [0.717, 1.165) is 48.4 Å². The second-order valence-electron chi connectivity index (χ2n) is 12.3. The number of H-pyrrole nitrogens is 1. The van der Waals surface area contributed by atoms with Crippen LogP contribution in [0.2, 0.25) is 0 Å². The average Bonchev–Trinajstić information content (AvgIpc) is 3.46. The Labute approximate surface area is 297 Å². The van der Waals surface area contributed by atoms with Crippen molar-refractivity contribution < 1.29 is 32.4 Å². The monoisotopic (exact) mass is 711 g/mol. The second-order valence-corrected chi connectivity index (χ2v) is 13.7. The number of amides is 1. The van der Waals surface area contributed by atoms with E-state index in [0.29, 0.717) is 34.6 Å². The smallest absolute Gasteiger partial charge is 0.337 e. The SMILES string of the molecule is COC(=O)c1ccc2c(C(=Nc3ccc(N(C)C(=O)CN4CCN(C)CC4)cc3)c3ccccc3)c(O)[nH]c2c1.Cc1ccc(S(=O)(=O)O)cc1. The summed E-state index contributed by atoms with van der Waals surface area (Å²) < 4.78 is 34.4. The van der Waals surface area contributed by atoms with Gasteiger partial charge in [0.15, 0.2) is 5.88 Å². The van der Waals surface area contributed by atoms with Crippen molar-refractivity contribution in [3.05, 3.63) is 119 Å². The fourth-order valence-corrected chi connectivity index (χ4v) is 6.05. The standard InChI is InChI=1S/C31H33N5O4.C7H8O3S/c1-34-15-17-36(18-16-34)20-27(37)35(2)24-12-10-23(11-13-24)32-29(21-7-5-4-6-8-21)28-25-14-9-22(31(39)40-3)19-26(25)33-30(28)38;1-6-2-4-7(5-3-6)11(8,9)10/h4-14,19,33,38H,15-18,20H2,1-3H3;2-5H,1H3,(H,8,9,10). The lowest BCUT2D eigenvalue weighted by Crippen LogP contribution is -2.48. The molecule has 1 aliphatic heterocycles. The molecule has 0 atom stereocenters. The van der Waals surface area contributed by atoms with Crippen LogP contribution in [-0.4, -0.2) is 104 Å². The molecular weight excluding hydrogens is 671 g/mol. The van der Waals surface area contributed by atoms with Crippen molar-refractivity contribution in [2.45, 2.75) is 11.8 Å². The van der Waals surface area contributed by atoms with Gasteiger partial charge in [-0.3, -0.25) is 14.2 Å². The predicted molar refractivity (Wildman–Crippen MR) is 198 cm³/mol. The molecule has 0 saturated carbocycles. The summed E-state index contributed by atoms with van der Waals surface area (Å²) in [6.45, 7) is 5.93. The van der Waals surface area contributed by atoms with Gasteiger partial charge in [0.05, 0.1) is 41.1 Å². The van der Waals surface area contributed by atoms with Gasteiger partial charge in [-0.1, -0.05) is 54.1 Å². The summed E-state index contributed by atoms with van der Waals surface area (Å²) in [6, 6.07) is 28.2. The minimum atomic E-state index is -4.02. The fraction of sp³-hybridized carbons (Fsp3) is 0.237. The van der Waals surface area contributed by atoms with Gasteiger partial charge in [0.2, 0.25) is 5.91 Å². The molecule has 1 saturated heterocycles. The zero-order chi connectivity index (χ0) is 36.7. The Balaban J connectivity index is 0.000000392. The number of piperazine rings is 1. The van der Waals surface area contributed by atoms with Crippen molar-refractivity contribution in [2.75, 3.05) is 58.8 Å². The van der Waals surface area contributed by atoms with Crippen LogP contribution in [-0.2, 0) is 19.6 Å². The number of aromatic hydroxyl groups is 1. The van der Waals surface area contributed by atoms with Gasteiger partial charge in [-0.15, -0.1) is 0 Å². The number of fused-ring (bicyclic) bond motifs is 1. The van der Waals surface area contributed by atoms with Crippen molar-refractivity contribution >= 4 is 50.0 Å². The van der Waals surface area contributed by atoms with Gasteiger partial charge in [0.1, 0.15) is 0 Å². The third-order valence-electron chi connectivity index (χ3n) is 8.61. The van der Waals surface area contributed by atoms with Crippen molar-refractivity contribution in [3.8, 4) is 5.88 Å². The molecule has 3 N–H and O–H groups in total. The first-order valence-electron chi connectivity index (χ1n) is 16.2. The lowest BCUT2D eigenvalue weighted by Gasteiger charge is -2.32. The Morgan fingerprint density at radius 3 is 2.16 bits per heavy atom. The Bertz CT molecular complexity index is 2120. The second kappa shape index (κ2) is 16.1. The topological polar surface area (TPSA) is 156 Å². The summed E-state index contributed by atoms with van der Waals surface area (Å²) in [4.78, 5) is 38.9. The quantitative estimate of drug-likeness (QED) is 0.111. The highest BCUT2D eigenvalue weighted by Gasteiger charge is 2.21. The minimum absolute atomic E-state index is 0.0424. The first kappa shape index (κ1) is 36.9. The Kier molecular flexibility index (Phi) is 11.7. The molecule has 266 valence electrons. The fourth-order valence-electron chi connectivity index (χ4n) is 5.57. The normalized spacial score (nSPS) is 14.1. The third-order valence-corrected chi connectivity index (χ3v) is 9.48. The van der Waals surface area contributed by atoms with Gasteiger partial charge in [0.25, 0.3) is 10.1 Å². The summed E-state index contributed by atoms with van der Waals surface area (Å²) in [5.74, 6) is -0.465. The molecule has 0 bridgehead atoms. The first-order chi connectivity index (χ1) is 24.3.